The molecule has 1 saturated carbocycles. The maximum Gasteiger partial charge on any atom is 0.198 e. The van der Waals surface area contributed by atoms with Crippen LogP contribution in [0.15, 0.2) is 30.7 Å². The Balaban J connectivity index is 1.02. The molecule has 0 radical (unpaired) electrons. The van der Waals surface area contributed by atoms with Crippen LogP contribution in [0.2, 0.25) is 0 Å². The van der Waals surface area contributed by atoms with E-state index in [4.69, 9.17) is 0 Å². The van der Waals surface area contributed by atoms with Crippen molar-refractivity contribution < 1.29 is 10.2 Å². The number of rotatable bonds is 6. The second-order valence-electron chi connectivity index (χ2n) is 9.23. The Hall–Kier alpha value is -2.54. The fourth-order valence-electron chi connectivity index (χ4n) is 5.97. The van der Waals surface area contributed by atoms with E-state index in [0.29, 0.717) is 42.0 Å². The zero-order chi connectivity index (χ0) is 20.2. The average molecular weight is 408 g/mol. The number of unbranched alkanes of at least 4 members (excludes halogenated alkanes) is 1. The molecular formula is C23H29N5O2. The van der Waals surface area contributed by atoms with E-state index in [1.165, 1.54) is 6.42 Å². The third kappa shape index (κ3) is 2.82. The Morgan fingerprint density at radius 2 is 1.53 bits per heavy atom. The van der Waals surface area contributed by atoms with Gasteiger partial charge in [-0.3, -0.25) is 14.5 Å². The van der Waals surface area contributed by atoms with Crippen LogP contribution in [-0.2, 0) is 6.54 Å². The SMILES string of the molecule is Oc1c2c(c(O)n1CCCCN1CCN(c3cnccn3)CC1)C1C=CC2C2CC12. The van der Waals surface area contributed by atoms with E-state index >= 15 is 0 Å². The minimum Gasteiger partial charge on any atom is -0.494 e. The summed E-state index contributed by atoms with van der Waals surface area (Å²) in [6.45, 7) is 5.74. The van der Waals surface area contributed by atoms with Crippen LogP contribution >= 0.6 is 0 Å². The summed E-state index contributed by atoms with van der Waals surface area (Å²) in [4.78, 5) is 13.3. The van der Waals surface area contributed by atoms with Crippen molar-refractivity contribution in [3.8, 4) is 11.8 Å². The van der Waals surface area contributed by atoms with E-state index in [0.717, 1.165) is 62.5 Å². The third-order valence-corrected chi connectivity index (χ3v) is 7.64. The molecule has 4 atom stereocenters. The van der Waals surface area contributed by atoms with Crippen LogP contribution in [0.25, 0.3) is 0 Å². The van der Waals surface area contributed by atoms with Gasteiger partial charge in [-0.25, -0.2) is 4.98 Å². The fraction of sp³-hybridized carbons (Fsp3) is 0.565. The van der Waals surface area contributed by atoms with Crippen molar-refractivity contribution in [2.45, 2.75) is 37.6 Å². The van der Waals surface area contributed by atoms with Crippen LogP contribution in [0.5, 0.6) is 11.8 Å². The van der Waals surface area contributed by atoms with Crippen molar-refractivity contribution >= 4 is 5.82 Å². The largest absolute Gasteiger partial charge is 0.494 e. The average Bonchev–Trinajstić information content (AvgIpc) is 3.57. The Morgan fingerprint density at radius 1 is 0.867 bits per heavy atom. The molecule has 1 saturated heterocycles. The van der Waals surface area contributed by atoms with Gasteiger partial charge >= 0.3 is 0 Å². The highest BCUT2D eigenvalue weighted by atomic mass is 16.3. The minimum atomic E-state index is 0.310. The molecule has 7 rings (SSSR count). The zero-order valence-corrected chi connectivity index (χ0v) is 17.2. The van der Waals surface area contributed by atoms with Gasteiger partial charge in [0.15, 0.2) is 11.8 Å². The zero-order valence-electron chi connectivity index (χ0n) is 17.2. The topological polar surface area (TPSA) is 77.7 Å². The molecule has 0 amide bonds. The van der Waals surface area contributed by atoms with Gasteiger partial charge in [-0.2, -0.15) is 0 Å². The second kappa shape index (κ2) is 7.01. The first-order valence-corrected chi connectivity index (χ1v) is 11.3. The van der Waals surface area contributed by atoms with Crippen molar-refractivity contribution in [1.29, 1.82) is 0 Å². The summed E-state index contributed by atoms with van der Waals surface area (Å²) in [5.74, 6) is 3.58. The third-order valence-electron chi connectivity index (χ3n) is 7.64. The number of nitrogens with zero attached hydrogens (tertiary/aromatic N) is 5. The van der Waals surface area contributed by atoms with Crippen LogP contribution in [0, 0.1) is 11.8 Å². The van der Waals surface area contributed by atoms with Gasteiger partial charge in [0.2, 0.25) is 0 Å². The maximum atomic E-state index is 10.8. The van der Waals surface area contributed by atoms with E-state index in [2.05, 4.69) is 31.9 Å². The lowest BCUT2D eigenvalue weighted by atomic mass is 9.73. The molecule has 30 heavy (non-hydrogen) atoms. The minimum absolute atomic E-state index is 0.310. The number of anilines is 1. The summed E-state index contributed by atoms with van der Waals surface area (Å²) in [6, 6.07) is 0. The first-order valence-electron chi connectivity index (χ1n) is 11.3. The molecule has 158 valence electrons. The first kappa shape index (κ1) is 18.2. The number of aromatic hydroxyl groups is 2. The summed E-state index contributed by atoms with van der Waals surface area (Å²) in [6.07, 6.45) is 13.0. The van der Waals surface area contributed by atoms with Crippen LogP contribution < -0.4 is 4.90 Å². The summed E-state index contributed by atoms with van der Waals surface area (Å²) >= 11 is 0. The van der Waals surface area contributed by atoms with Crippen LogP contribution in [0.3, 0.4) is 0 Å². The van der Waals surface area contributed by atoms with Gasteiger partial charge in [0, 0.05) is 68.1 Å². The van der Waals surface area contributed by atoms with Gasteiger partial charge in [0.25, 0.3) is 0 Å². The summed E-state index contributed by atoms with van der Waals surface area (Å²) < 4.78 is 1.76. The molecule has 4 unspecified atom stereocenters. The highest BCUT2D eigenvalue weighted by Gasteiger charge is 2.56. The number of hydrogen-bond acceptors (Lipinski definition) is 6. The number of piperazine rings is 1. The quantitative estimate of drug-likeness (QED) is 0.566. The number of allylic oxidation sites excluding steroid dienone is 2. The van der Waals surface area contributed by atoms with Gasteiger partial charge in [-0.05, 0) is 37.6 Å². The van der Waals surface area contributed by atoms with E-state index in [-0.39, 0.29) is 0 Å². The molecule has 2 bridgehead atoms. The molecule has 2 aromatic rings. The van der Waals surface area contributed by atoms with Crippen LogP contribution in [-0.4, -0.2) is 62.4 Å². The normalized spacial score (nSPS) is 29.1. The van der Waals surface area contributed by atoms with Gasteiger partial charge in [-0.1, -0.05) is 12.2 Å². The Kier molecular flexibility index (Phi) is 4.26. The Bertz CT molecular complexity index is 922. The van der Waals surface area contributed by atoms with Gasteiger partial charge in [0.05, 0.1) is 6.20 Å². The molecule has 2 aromatic heterocycles. The van der Waals surface area contributed by atoms with E-state index in [1.54, 1.807) is 17.0 Å². The summed E-state index contributed by atoms with van der Waals surface area (Å²) in [7, 11) is 0. The number of hydrogen-bond donors (Lipinski definition) is 2. The molecule has 4 aliphatic carbocycles. The van der Waals surface area contributed by atoms with Gasteiger partial charge in [-0.15, -0.1) is 0 Å². The lowest BCUT2D eigenvalue weighted by molar-refractivity contribution is 0.249. The molecule has 3 heterocycles. The standard InChI is InChI=1S/C23H29N5O2/c29-22-20-15-3-4-16(18-13-17(15)18)21(20)23(30)28(22)8-2-1-7-26-9-11-27(12-10-26)19-14-24-5-6-25-19/h3-6,14-18,29-30H,1-2,7-13H2. The first-order chi connectivity index (χ1) is 14.7. The summed E-state index contributed by atoms with van der Waals surface area (Å²) in [5, 5.41) is 21.7. The van der Waals surface area contributed by atoms with Crippen molar-refractivity contribution in [3.05, 3.63) is 41.9 Å². The fourth-order valence-corrected chi connectivity index (χ4v) is 5.97. The molecule has 1 aliphatic heterocycles. The molecule has 0 spiro atoms. The molecule has 2 fully saturated rings. The van der Waals surface area contributed by atoms with Crippen molar-refractivity contribution in [2.75, 3.05) is 37.6 Å². The Labute approximate surface area is 176 Å². The Morgan fingerprint density at radius 3 is 2.17 bits per heavy atom. The molecule has 7 nitrogen and oxygen atoms in total. The van der Waals surface area contributed by atoms with Crippen molar-refractivity contribution in [3.63, 3.8) is 0 Å². The van der Waals surface area contributed by atoms with E-state index < -0.39 is 0 Å². The molecule has 5 aliphatic rings. The predicted molar refractivity (Wildman–Crippen MR) is 114 cm³/mol. The lowest BCUT2D eigenvalue weighted by Gasteiger charge is -2.35. The van der Waals surface area contributed by atoms with E-state index in [9.17, 15) is 10.2 Å². The van der Waals surface area contributed by atoms with E-state index in [1.807, 2.05) is 6.20 Å². The van der Waals surface area contributed by atoms with Crippen molar-refractivity contribution in [1.82, 2.24) is 19.4 Å². The van der Waals surface area contributed by atoms with Gasteiger partial charge in [0.1, 0.15) is 5.82 Å². The maximum absolute atomic E-state index is 10.8. The van der Waals surface area contributed by atoms with Crippen LogP contribution in [0.4, 0.5) is 5.82 Å². The monoisotopic (exact) mass is 407 g/mol. The molecule has 7 heteroatoms. The predicted octanol–water partition coefficient (Wildman–Crippen LogP) is 2.68. The van der Waals surface area contributed by atoms with Crippen LogP contribution in [0.1, 0.15) is 42.2 Å². The highest BCUT2D eigenvalue weighted by Crippen LogP contribution is 2.67. The molecule has 2 N–H and O–H groups in total. The number of aromatic nitrogens is 3. The molecule has 0 aromatic carbocycles. The van der Waals surface area contributed by atoms with Gasteiger partial charge < -0.3 is 15.1 Å². The molecular weight excluding hydrogens is 378 g/mol. The highest BCUT2D eigenvalue weighted by molar-refractivity contribution is 5.59. The van der Waals surface area contributed by atoms with Crippen molar-refractivity contribution in [2.24, 2.45) is 11.8 Å². The summed E-state index contributed by atoms with van der Waals surface area (Å²) in [5.41, 5.74) is 2.03. The lowest BCUT2D eigenvalue weighted by Crippen LogP contribution is -2.46. The second-order valence-corrected chi connectivity index (χ2v) is 9.23. The smallest absolute Gasteiger partial charge is 0.198 e.